The molecule has 0 amide bonds. The van der Waals surface area contributed by atoms with Crippen LogP contribution in [0.15, 0.2) is 0 Å². The number of rotatable bonds is 2. The van der Waals surface area contributed by atoms with Crippen LogP contribution in [0.4, 0.5) is 0 Å². The average molecular weight is 144 g/mol. The Morgan fingerprint density at radius 2 is 2.10 bits per heavy atom. The summed E-state index contributed by atoms with van der Waals surface area (Å²) >= 11 is 0. The fourth-order valence-corrected chi connectivity index (χ4v) is 1.49. The van der Waals surface area contributed by atoms with E-state index in [1.54, 1.807) is 0 Å². The highest BCUT2D eigenvalue weighted by atomic mass is 16.5. The van der Waals surface area contributed by atoms with Crippen molar-refractivity contribution in [2.75, 3.05) is 6.61 Å². The third-order valence-corrected chi connectivity index (χ3v) is 2.05. The van der Waals surface area contributed by atoms with Gasteiger partial charge in [0, 0.05) is 6.61 Å². The van der Waals surface area contributed by atoms with Crippen LogP contribution in [0.1, 0.15) is 32.6 Å². The molecule has 0 spiro atoms. The first kappa shape index (κ1) is 8.02. The van der Waals surface area contributed by atoms with Crippen molar-refractivity contribution in [1.29, 1.82) is 0 Å². The zero-order valence-electron chi connectivity index (χ0n) is 6.55. The van der Waals surface area contributed by atoms with Crippen LogP contribution >= 0.6 is 0 Å². The normalized spacial score (nSPS) is 34.2. The third kappa shape index (κ3) is 1.96. The molecule has 0 heterocycles. The molecule has 0 saturated heterocycles. The predicted octanol–water partition coefficient (Wildman–Crippen LogP) is 1.33. The van der Waals surface area contributed by atoms with E-state index in [4.69, 9.17) is 4.74 Å². The molecular weight excluding hydrogens is 128 g/mol. The van der Waals surface area contributed by atoms with Crippen LogP contribution in [0.5, 0.6) is 0 Å². The summed E-state index contributed by atoms with van der Waals surface area (Å²) in [7, 11) is 0. The van der Waals surface area contributed by atoms with Crippen LogP contribution in [0.2, 0.25) is 0 Å². The van der Waals surface area contributed by atoms with Gasteiger partial charge in [-0.1, -0.05) is 12.8 Å². The summed E-state index contributed by atoms with van der Waals surface area (Å²) in [6.07, 6.45) is 4.25. The smallest absolute Gasteiger partial charge is 0.0833 e. The van der Waals surface area contributed by atoms with Crippen molar-refractivity contribution in [3.05, 3.63) is 0 Å². The maximum Gasteiger partial charge on any atom is 0.0833 e. The molecule has 0 radical (unpaired) electrons. The molecule has 1 N–H and O–H groups in total. The summed E-state index contributed by atoms with van der Waals surface area (Å²) in [6.45, 7) is 2.70. The summed E-state index contributed by atoms with van der Waals surface area (Å²) in [5, 5.41) is 9.38. The quantitative estimate of drug-likeness (QED) is 0.633. The summed E-state index contributed by atoms with van der Waals surface area (Å²) in [4.78, 5) is 0. The molecule has 0 bridgehead atoms. The molecule has 0 unspecified atom stereocenters. The van der Waals surface area contributed by atoms with Crippen LogP contribution < -0.4 is 0 Å². The van der Waals surface area contributed by atoms with Gasteiger partial charge in [0.15, 0.2) is 0 Å². The van der Waals surface area contributed by atoms with E-state index in [1.807, 2.05) is 6.92 Å². The lowest BCUT2D eigenvalue weighted by atomic mass is 9.95. The molecule has 60 valence electrons. The van der Waals surface area contributed by atoms with Gasteiger partial charge in [-0.2, -0.15) is 0 Å². The second-order valence-corrected chi connectivity index (χ2v) is 2.85. The van der Waals surface area contributed by atoms with Crippen molar-refractivity contribution < 1.29 is 9.84 Å². The lowest BCUT2D eigenvalue weighted by Crippen LogP contribution is -2.32. The van der Waals surface area contributed by atoms with Gasteiger partial charge in [0.05, 0.1) is 12.2 Å². The van der Waals surface area contributed by atoms with Gasteiger partial charge in [-0.05, 0) is 19.8 Å². The SMILES string of the molecule is CCO[C@H]1CCCC[C@H]1O. The predicted molar refractivity (Wildman–Crippen MR) is 39.9 cm³/mol. The highest BCUT2D eigenvalue weighted by Gasteiger charge is 2.22. The molecule has 1 fully saturated rings. The van der Waals surface area contributed by atoms with Crippen molar-refractivity contribution in [3.8, 4) is 0 Å². The molecule has 2 nitrogen and oxygen atoms in total. The van der Waals surface area contributed by atoms with Crippen molar-refractivity contribution in [3.63, 3.8) is 0 Å². The summed E-state index contributed by atoms with van der Waals surface area (Å²) < 4.78 is 5.35. The molecule has 0 aromatic carbocycles. The van der Waals surface area contributed by atoms with E-state index in [0.29, 0.717) is 0 Å². The largest absolute Gasteiger partial charge is 0.390 e. The van der Waals surface area contributed by atoms with Gasteiger partial charge in [0.1, 0.15) is 0 Å². The Morgan fingerprint density at radius 1 is 1.40 bits per heavy atom. The minimum Gasteiger partial charge on any atom is -0.390 e. The minimum atomic E-state index is -0.200. The Balaban J connectivity index is 2.25. The van der Waals surface area contributed by atoms with Crippen LogP contribution in [-0.2, 0) is 4.74 Å². The molecule has 1 aliphatic rings. The molecule has 0 aromatic heterocycles. The molecular formula is C8H16O2. The van der Waals surface area contributed by atoms with Gasteiger partial charge in [-0.25, -0.2) is 0 Å². The number of aliphatic hydroxyl groups excluding tert-OH is 1. The van der Waals surface area contributed by atoms with Crippen molar-refractivity contribution in [2.24, 2.45) is 0 Å². The maximum atomic E-state index is 9.38. The van der Waals surface area contributed by atoms with Crippen molar-refractivity contribution >= 4 is 0 Å². The molecule has 10 heavy (non-hydrogen) atoms. The Morgan fingerprint density at radius 3 is 2.70 bits per heavy atom. The minimum absolute atomic E-state index is 0.124. The molecule has 1 rings (SSSR count). The van der Waals surface area contributed by atoms with Gasteiger partial charge >= 0.3 is 0 Å². The van der Waals surface area contributed by atoms with E-state index < -0.39 is 0 Å². The molecule has 0 aliphatic heterocycles. The summed E-state index contributed by atoms with van der Waals surface area (Å²) in [6, 6.07) is 0. The molecule has 0 aromatic rings. The lowest BCUT2D eigenvalue weighted by molar-refractivity contribution is -0.0542. The fourth-order valence-electron chi connectivity index (χ4n) is 1.49. The first-order valence-corrected chi connectivity index (χ1v) is 4.14. The van der Waals surface area contributed by atoms with E-state index >= 15 is 0 Å². The lowest BCUT2D eigenvalue weighted by Gasteiger charge is -2.26. The molecule has 1 saturated carbocycles. The monoisotopic (exact) mass is 144 g/mol. The van der Waals surface area contributed by atoms with E-state index in [9.17, 15) is 5.11 Å². The molecule has 2 atom stereocenters. The Kier molecular flexibility index (Phi) is 3.16. The third-order valence-electron chi connectivity index (χ3n) is 2.05. The van der Waals surface area contributed by atoms with Crippen molar-refractivity contribution in [2.45, 2.75) is 44.8 Å². The van der Waals surface area contributed by atoms with Gasteiger partial charge in [0.25, 0.3) is 0 Å². The van der Waals surface area contributed by atoms with Crippen LogP contribution in [0.3, 0.4) is 0 Å². The first-order valence-electron chi connectivity index (χ1n) is 4.14. The highest BCUT2D eigenvalue weighted by molar-refractivity contribution is 4.74. The summed E-state index contributed by atoms with van der Waals surface area (Å²) in [5.41, 5.74) is 0. The van der Waals surface area contributed by atoms with Crippen LogP contribution in [0, 0.1) is 0 Å². The molecule has 2 heteroatoms. The number of ether oxygens (including phenoxy) is 1. The van der Waals surface area contributed by atoms with Gasteiger partial charge in [-0.3, -0.25) is 0 Å². The number of hydrogen-bond acceptors (Lipinski definition) is 2. The number of hydrogen-bond donors (Lipinski definition) is 1. The van der Waals surface area contributed by atoms with E-state index in [-0.39, 0.29) is 12.2 Å². The zero-order valence-corrected chi connectivity index (χ0v) is 6.55. The Labute approximate surface area is 62.2 Å². The van der Waals surface area contributed by atoms with Crippen LogP contribution in [-0.4, -0.2) is 23.9 Å². The van der Waals surface area contributed by atoms with Crippen molar-refractivity contribution in [1.82, 2.24) is 0 Å². The second kappa shape index (κ2) is 3.94. The molecule has 1 aliphatic carbocycles. The maximum absolute atomic E-state index is 9.38. The number of aliphatic hydroxyl groups is 1. The Hall–Kier alpha value is -0.0800. The fraction of sp³-hybridized carbons (Fsp3) is 1.00. The zero-order chi connectivity index (χ0) is 7.40. The second-order valence-electron chi connectivity index (χ2n) is 2.85. The van der Waals surface area contributed by atoms with Gasteiger partial charge in [0.2, 0.25) is 0 Å². The van der Waals surface area contributed by atoms with Crippen LogP contribution in [0.25, 0.3) is 0 Å². The standard InChI is InChI=1S/C8H16O2/c1-2-10-8-6-4-3-5-7(8)9/h7-9H,2-6H2,1H3/t7-,8+/m1/s1. The average Bonchev–Trinajstić information content (AvgIpc) is 1.94. The van der Waals surface area contributed by atoms with Gasteiger partial charge in [-0.15, -0.1) is 0 Å². The summed E-state index contributed by atoms with van der Waals surface area (Å²) in [5.74, 6) is 0. The van der Waals surface area contributed by atoms with E-state index in [1.165, 1.54) is 6.42 Å². The van der Waals surface area contributed by atoms with Gasteiger partial charge < -0.3 is 9.84 Å². The topological polar surface area (TPSA) is 29.5 Å². The Bertz CT molecular complexity index is 91.3. The van der Waals surface area contributed by atoms with E-state index in [0.717, 1.165) is 25.9 Å². The first-order chi connectivity index (χ1) is 4.84. The van der Waals surface area contributed by atoms with E-state index in [2.05, 4.69) is 0 Å². The highest BCUT2D eigenvalue weighted by Crippen LogP contribution is 2.20.